The maximum atomic E-state index is 9.99. The van der Waals surface area contributed by atoms with Crippen molar-refractivity contribution in [3.8, 4) is 0 Å². The number of nitrogens with zero attached hydrogens (tertiary/aromatic N) is 1. The molecule has 0 aliphatic heterocycles. The van der Waals surface area contributed by atoms with Gasteiger partial charge in [0.15, 0.2) is 0 Å². The molecule has 0 aromatic heterocycles. The molecule has 0 unspecified atom stereocenters. The fraction of sp³-hybridized carbons (Fsp3) is 0.667. The van der Waals surface area contributed by atoms with E-state index in [0.717, 1.165) is 0 Å². The number of urea groups is 1. The highest BCUT2D eigenvalue weighted by Crippen LogP contribution is 1.76. The highest BCUT2D eigenvalue weighted by molar-refractivity contribution is 5.69. The van der Waals surface area contributed by atoms with E-state index in [9.17, 15) is 4.79 Å². The largest absolute Gasteiger partial charge is 0.353 e. The molecule has 0 atom stereocenters. The molecule has 0 aliphatic rings. The number of carbonyl (C=O) groups excluding carboxylic acids is 1. The number of nitrogens with two attached hydrogens (primary N) is 2. The SMILES string of the molecule is CCON(N)C(N)=O. The van der Waals surface area contributed by atoms with Gasteiger partial charge in [0.2, 0.25) is 0 Å². The lowest BCUT2D eigenvalue weighted by Gasteiger charge is -2.09. The molecular formula is C3H9N3O2. The maximum Gasteiger partial charge on any atom is 0.353 e. The molecule has 8 heavy (non-hydrogen) atoms. The molecule has 0 rings (SSSR count). The quantitative estimate of drug-likeness (QED) is 0.283. The van der Waals surface area contributed by atoms with E-state index in [1.807, 2.05) is 0 Å². The zero-order valence-corrected chi connectivity index (χ0v) is 4.63. The minimum Gasteiger partial charge on any atom is -0.349 e. The van der Waals surface area contributed by atoms with Crippen LogP contribution in [0, 0.1) is 0 Å². The van der Waals surface area contributed by atoms with E-state index >= 15 is 0 Å². The summed E-state index contributed by atoms with van der Waals surface area (Å²) in [5.41, 5.74) is 4.66. The van der Waals surface area contributed by atoms with Crippen molar-refractivity contribution in [3.63, 3.8) is 0 Å². The van der Waals surface area contributed by atoms with Crippen LogP contribution >= 0.6 is 0 Å². The Balaban J connectivity index is 3.32. The van der Waals surface area contributed by atoms with Gasteiger partial charge in [0.1, 0.15) is 0 Å². The van der Waals surface area contributed by atoms with E-state index in [4.69, 9.17) is 5.84 Å². The van der Waals surface area contributed by atoms with E-state index in [1.54, 1.807) is 6.92 Å². The van der Waals surface area contributed by atoms with Crippen LogP contribution in [0.1, 0.15) is 6.92 Å². The summed E-state index contributed by atoms with van der Waals surface area (Å²) < 4.78 is 0. The number of hydrogen-bond donors (Lipinski definition) is 2. The Hall–Kier alpha value is -0.810. The molecule has 5 nitrogen and oxygen atoms in total. The van der Waals surface area contributed by atoms with Gasteiger partial charge in [-0.05, 0) is 6.92 Å². The molecule has 5 heteroatoms. The number of primary amides is 1. The summed E-state index contributed by atoms with van der Waals surface area (Å²) in [5.74, 6) is 4.86. The van der Waals surface area contributed by atoms with Crippen molar-refractivity contribution in [3.05, 3.63) is 0 Å². The molecule has 4 N–H and O–H groups in total. The van der Waals surface area contributed by atoms with Crippen LogP contribution < -0.4 is 11.6 Å². The van der Waals surface area contributed by atoms with Crippen LogP contribution in [0.4, 0.5) is 4.79 Å². The fourth-order valence-electron chi connectivity index (χ4n) is 0.203. The van der Waals surface area contributed by atoms with E-state index in [0.29, 0.717) is 11.8 Å². The van der Waals surface area contributed by atoms with Crippen LogP contribution in [0.15, 0.2) is 0 Å². The standard InChI is InChI=1S/C3H9N3O2/c1-2-8-6(5)3(4)7/h2,5H2,1H3,(H2,4,7). The molecule has 0 bridgehead atoms. The first-order valence-corrected chi connectivity index (χ1v) is 2.15. The Bertz CT molecular complexity index is 84.6. The molecule has 0 radical (unpaired) electrons. The molecule has 0 aliphatic carbocycles. The molecule has 0 aromatic carbocycles. The monoisotopic (exact) mass is 119 g/mol. The first-order valence-electron chi connectivity index (χ1n) is 2.15. The topological polar surface area (TPSA) is 81.6 Å². The first-order chi connectivity index (χ1) is 3.68. The summed E-state index contributed by atoms with van der Waals surface area (Å²) in [5, 5.41) is 0.486. The van der Waals surface area contributed by atoms with Crippen LogP contribution in [-0.4, -0.2) is 17.8 Å². The average molecular weight is 119 g/mol. The highest BCUT2D eigenvalue weighted by atomic mass is 16.7. The molecule has 0 spiro atoms. The summed E-state index contributed by atoms with van der Waals surface area (Å²) in [6.45, 7) is 2.03. The summed E-state index contributed by atoms with van der Waals surface area (Å²) in [6, 6.07) is -0.799. The number of hydrazine groups is 1. The second-order valence-corrected chi connectivity index (χ2v) is 1.08. The van der Waals surface area contributed by atoms with Crippen molar-refractivity contribution in [2.45, 2.75) is 6.92 Å². The average Bonchev–Trinajstić information content (AvgIpc) is 1.67. The van der Waals surface area contributed by atoms with E-state index in [1.165, 1.54) is 0 Å². The molecule has 2 amide bonds. The molecule has 48 valence electrons. The van der Waals surface area contributed by atoms with Gasteiger partial charge < -0.3 is 5.73 Å². The predicted octanol–water partition coefficient (Wildman–Crippen LogP) is -0.808. The molecule has 0 saturated carbocycles. The summed E-state index contributed by atoms with van der Waals surface area (Å²) in [4.78, 5) is 14.4. The molecule has 0 saturated heterocycles. The van der Waals surface area contributed by atoms with Gasteiger partial charge in [-0.2, -0.15) is 0 Å². The third-order valence-electron chi connectivity index (χ3n) is 0.485. The molecule has 0 heterocycles. The Morgan fingerprint density at radius 2 is 2.38 bits per heavy atom. The van der Waals surface area contributed by atoms with Crippen LogP contribution in [0.5, 0.6) is 0 Å². The van der Waals surface area contributed by atoms with Gasteiger partial charge in [-0.3, -0.25) is 4.84 Å². The second kappa shape index (κ2) is 3.23. The summed E-state index contributed by atoms with van der Waals surface area (Å²) in [7, 11) is 0. The lowest BCUT2D eigenvalue weighted by molar-refractivity contribution is -0.111. The number of rotatable bonds is 2. The number of hydroxylamine groups is 1. The Morgan fingerprint density at radius 3 is 2.50 bits per heavy atom. The normalized spacial score (nSPS) is 8.75. The summed E-state index contributed by atoms with van der Waals surface area (Å²) >= 11 is 0. The van der Waals surface area contributed by atoms with Crippen LogP contribution in [0.25, 0.3) is 0 Å². The fourth-order valence-corrected chi connectivity index (χ4v) is 0.203. The summed E-state index contributed by atoms with van der Waals surface area (Å²) in [6.07, 6.45) is 0. The third-order valence-corrected chi connectivity index (χ3v) is 0.485. The van der Waals surface area contributed by atoms with Gasteiger partial charge >= 0.3 is 6.03 Å². The van der Waals surface area contributed by atoms with Gasteiger partial charge in [0, 0.05) is 0 Å². The van der Waals surface area contributed by atoms with Gasteiger partial charge in [-0.15, -0.1) is 5.17 Å². The van der Waals surface area contributed by atoms with Crippen molar-refractivity contribution in [2.24, 2.45) is 11.6 Å². The number of amides is 2. The Morgan fingerprint density at radius 1 is 1.88 bits per heavy atom. The van der Waals surface area contributed by atoms with Crippen molar-refractivity contribution in [2.75, 3.05) is 6.61 Å². The van der Waals surface area contributed by atoms with Crippen molar-refractivity contribution < 1.29 is 9.63 Å². The smallest absolute Gasteiger partial charge is 0.349 e. The number of hydrogen-bond acceptors (Lipinski definition) is 3. The lowest BCUT2D eigenvalue weighted by atomic mass is 10.9. The van der Waals surface area contributed by atoms with E-state index in [2.05, 4.69) is 10.6 Å². The molecule has 0 fully saturated rings. The first kappa shape index (κ1) is 7.19. The maximum absolute atomic E-state index is 9.99. The molecular weight excluding hydrogens is 110 g/mol. The van der Waals surface area contributed by atoms with Gasteiger partial charge in [-0.1, -0.05) is 0 Å². The Labute approximate surface area is 47.1 Å². The number of carbonyl (C=O) groups is 1. The minimum atomic E-state index is -0.799. The van der Waals surface area contributed by atoms with Crippen LogP contribution in [0.2, 0.25) is 0 Å². The highest BCUT2D eigenvalue weighted by Gasteiger charge is 1.99. The molecule has 0 aromatic rings. The third kappa shape index (κ3) is 2.38. The zero-order chi connectivity index (χ0) is 6.57. The van der Waals surface area contributed by atoms with Crippen molar-refractivity contribution in [1.82, 2.24) is 5.17 Å². The van der Waals surface area contributed by atoms with Crippen LogP contribution in [-0.2, 0) is 4.84 Å². The van der Waals surface area contributed by atoms with Crippen molar-refractivity contribution >= 4 is 6.03 Å². The van der Waals surface area contributed by atoms with E-state index in [-0.39, 0.29) is 0 Å². The second-order valence-electron chi connectivity index (χ2n) is 1.08. The zero-order valence-electron chi connectivity index (χ0n) is 4.63. The van der Waals surface area contributed by atoms with Gasteiger partial charge in [0.25, 0.3) is 0 Å². The van der Waals surface area contributed by atoms with Crippen LogP contribution in [0.3, 0.4) is 0 Å². The minimum absolute atomic E-state index is 0.333. The predicted molar refractivity (Wildman–Crippen MR) is 27.2 cm³/mol. The Kier molecular flexibility index (Phi) is 2.90. The van der Waals surface area contributed by atoms with Gasteiger partial charge in [-0.25, -0.2) is 10.6 Å². The van der Waals surface area contributed by atoms with Crippen molar-refractivity contribution in [1.29, 1.82) is 0 Å². The lowest BCUT2D eigenvalue weighted by Crippen LogP contribution is -2.41. The van der Waals surface area contributed by atoms with E-state index < -0.39 is 6.03 Å². The van der Waals surface area contributed by atoms with Gasteiger partial charge in [0.05, 0.1) is 6.61 Å².